The number of carbonyl (C=O) groups is 1. The molecule has 28 heavy (non-hydrogen) atoms. The second-order valence-corrected chi connectivity index (χ2v) is 8.25. The number of aromatic nitrogens is 4. The highest BCUT2D eigenvalue weighted by Crippen LogP contribution is 2.36. The molecule has 2 heterocycles. The van der Waals surface area contributed by atoms with Crippen molar-refractivity contribution in [3.63, 3.8) is 0 Å². The first kappa shape index (κ1) is 19.1. The summed E-state index contributed by atoms with van der Waals surface area (Å²) in [6.07, 6.45) is 2.23. The van der Waals surface area contributed by atoms with Crippen LogP contribution >= 0.6 is 11.8 Å². The van der Waals surface area contributed by atoms with E-state index >= 15 is 0 Å². The molecule has 2 unspecified atom stereocenters. The van der Waals surface area contributed by atoms with Crippen molar-refractivity contribution in [1.82, 2.24) is 20.2 Å². The second kappa shape index (κ2) is 8.04. The first-order valence-corrected chi connectivity index (χ1v) is 10.4. The lowest BCUT2D eigenvalue weighted by molar-refractivity contribution is -0.113. The molecule has 2 atom stereocenters. The molecule has 1 aromatic carbocycles. The van der Waals surface area contributed by atoms with Crippen molar-refractivity contribution < 1.29 is 13.9 Å². The first-order valence-electron chi connectivity index (χ1n) is 9.40. The maximum Gasteiger partial charge on any atom is 0.234 e. The number of tetrazole rings is 1. The van der Waals surface area contributed by atoms with Crippen molar-refractivity contribution >= 4 is 29.0 Å². The minimum atomic E-state index is -0.357. The quantitative estimate of drug-likeness (QED) is 0.738. The summed E-state index contributed by atoms with van der Waals surface area (Å²) in [5.41, 5.74) is 0.959. The number of hydrogen-bond acceptors (Lipinski definition) is 7. The summed E-state index contributed by atoms with van der Waals surface area (Å²) >= 11 is 1.28. The maximum absolute atomic E-state index is 14.6. The Morgan fingerprint density at radius 1 is 1.32 bits per heavy atom. The lowest BCUT2D eigenvalue weighted by Crippen LogP contribution is -2.45. The Morgan fingerprint density at radius 2 is 2.07 bits per heavy atom. The molecule has 1 saturated carbocycles. The van der Waals surface area contributed by atoms with Gasteiger partial charge in [0.1, 0.15) is 5.82 Å². The zero-order valence-corrected chi connectivity index (χ0v) is 16.7. The molecule has 0 spiro atoms. The van der Waals surface area contributed by atoms with Gasteiger partial charge in [-0.2, -0.15) is 0 Å². The number of morpholine rings is 1. The molecular formula is C18H23FN6O2S. The van der Waals surface area contributed by atoms with E-state index in [4.69, 9.17) is 4.74 Å². The summed E-state index contributed by atoms with van der Waals surface area (Å²) in [4.78, 5) is 14.2. The molecule has 1 aliphatic carbocycles. The fourth-order valence-electron chi connectivity index (χ4n) is 3.37. The van der Waals surface area contributed by atoms with Gasteiger partial charge in [0.15, 0.2) is 0 Å². The molecule has 1 amide bonds. The molecule has 10 heteroatoms. The summed E-state index contributed by atoms with van der Waals surface area (Å²) in [6.45, 7) is 5.23. The van der Waals surface area contributed by atoms with E-state index < -0.39 is 0 Å². The maximum atomic E-state index is 14.6. The molecule has 1 aromatic heterocycles. The molecule has 1 aliphatic heterocycles. The fraction of sp³-hybridized carbons (Fsp3) is 0.556. The van der Waals surface area contributed by atoms with Crippen LogP contribution in [-0.4, -0.2) is 57.2 Å². The molecule has 8 nitrogen and oxygen atoms in total. The number of ether oxygens (including phenoxy) is 1. The zero-order valence-electron chi connectivity index (χ0n) is 15.8. The van der Waals surface area contributed by atoms with E-state index in [1.54, 1.807) is 16.8 Å². The van der Waals surface area contributed by atoms with Crippen molar-refractivity contribution in [2.24, 2.45) is 0 Å². The van der Waals surface area contributed by atoms with Crippen LogP contribution in [0.25, 0.3) is 0 Å². The van der Waals surface area contributed by atoms with Crippen LogP contribution < -0.4 is 10.2 Å². The summed E-state index contributed by atoms with van der Waals surface area (Å²) in [7, 11) is 0. The zero-order chi connectivity index (χ0) is 19.7. The minimum absolute atomic E-state index is 0.0479. The van der Waals surface area contributed by atoms with Gasteiger partial charge in [0.25, 0.3) is 0 Å². The number of rotatable bonds is 6. The van der Waals surface area contributed by atoms with Crippen molar-refractivity contribution in [3.8, 4) is 0 Å². The highest BCUT2D eigenvalue weighted by atomic mass is 32.2. The van der Waals surface area contributed by atoms with Crippen molar-refractivity contribution in [3.05, 3.63) is 24.0 Å². The second-order valence-electron chi connectivity index (χ2n) is 7.30. The average molecular weight is 406 g/mol. The standard InChI is InChI=1S/C18H23FN6O2S/c1-11-8-24(9-12(2)27-11)16-6-3-13(7-15(16)19)20-17(26)10-28-18-21-22-23-25(18)14-4-5-14/h3,6-7,11-12,14H,4-5,8-10H2,1-2H3,(H,20,26). The molecular weight excluding hydrogens is 383 g/mol. The Bertz CT molecular complexity index is 848. The lowest BCUT2D eigenvalue weighted by Gasteiger charge is -2.37. The normalized spacial score (nSPS) is 22.3. The number of hydrogen-bond donors (Lipinski definition) is 1. The van der Waals surface area contributed by atoms with E-state index in [1.165, 1.54) is 17.8 Å². The van der Waals surface area contributed by atoms with Crippen LogP contribution in [0.3, 0.4) is 0 Å². The number of amides is 1. The van der Waals surface area contributed by atoms with Crippen LogP contribution in [0.1, 0.15) is 32.7 Å². The van der Waals surface area contributed by atoms with Crippen LogP contribution in [0.4, 0.5) is 15.8 Å². The fourth-order valence-corrected chi connectivity index (χ4v) is 4.12. The first-order chi connectivity index (χ1) is 13.5. The number of nitrogens with zero attached hydrogens (tertiary/aromatic N) is 5. The molecule has 2 aromatic rings. The number of benzene rings is 1. The van der Waals surface area contributed by atoms with Gasteiger partial charge >= 0.3 is 0 Å². The van der Waals surface area contributed by atoms with E-state index in [2.05, 4.69) is 20.8 Å². The van der Waals surface area contributed by atoms with Crippen molar-refractivity contribution in [2.75, 3.05) is 29.1 Å². The molecule has 0 bridgehead atoms. The van der Waals surface area contributed by atoms with Crippen LogP contribution in [0, 0.1) is 5.82 Å². The monoisotopic (exact) mass is 406 g/mol. The molecule has 0 radical (unpaired) electrons. The Kier molecular flexibility index (Phi) is 5.49. The summed E-state index contributed by atoms with van der Waals surface area (Å²) in [5.74, 6) is -0.421. The number of anilines is 2. The molecule has 1 saturated heterocycles. The predicted octanol–water partition coefficient (Wildman–Crippen LogP) is 2.49. The van der Waals surface area contributed by atoms with Gasteiger partial charge in [0.05, 0.1) is 29.7 Å². The summed E-state index contributed by atoms with van der Waals surface area (Å²) < 4.78 is 22.1. The van der Waals surface area contributed by atoms with Crippen molar-refractivity contribution in [1.29, 1.82) is 0 Å². The van der Waals surface area contributed by atoms with E-state index in [1.807, 2.05) is 18.7 Å². The van der Waals surface area contributed by atoms with E-state index in [0.717, 1.165) is 12.8 Å². The van der Waals surface area contributed by atoms with Crippen LogP contribution in [0.2, 0.25) is 0 Å². The minimum Gasteiger partial charge on any atom is -0.372 e. The molecule has 2 aliphatic rings. The number of thioether (sulfide) groups is 1. The Hall–Kier alpha value is -2.20. The SMILES string of the molecule is CC1CN(c2ccc(NC(=O)CSc3nnnn3C3CC3)cc2F)CC(C)O1. The van der Waals surface area contributed by atoms with Gasteiger partial charge in [0.2, 0.25) is 11.1 Å². The van der Waals surface area contributed by atoms with Gasteiger partial charge in [-0.15, -0.1) is 5.10 Å². The van der Waals surface area contributed by atoms with E-state index in [9.17, 15) is 9.18 Å². The van der Waals surface area contributed by atoms with Gasteiger partial charge < -0.3 is 15.0 Å². The Balaban J connectivity index is 1.35. The predicted molar refractivity (Wildman–Crippen MR) is 104 cm³/mol. The van der Waals surface area contributed by atoms with Crippen LogP contribution in [0.5, 0.6) is 0 Å². The van der Waals surface area contributed by atoms with Crippen LogP contribution in [-0.2, 0) is 9.53 Å². The van der Waals surface area contributed by atoms with E-state index in [-0.39, 0.29) is 29.7 Å². The van der Waals surface area contributed by atoms with Crippen molar-refractivity contribution in [2.45, 2.75) is 50.1 Å². The third-order valence-electron chi connectivity index (χ3n) is 4.68. The summed E-state index contributed by atoms with van der Waals surface area (Å²) in [5, 5.41) is 15.0. The van der Waals surface area contributed by atoms with Gasteiger partial charge in [-0.25, -0.2) is 9.07 Å². The smallest absolute Gasteiger partial charge is 0.234 e. The third-order valence-corrected chi connectivity index (χ3v) is 5.61. The largest absolute Gasteiger partial charge is 0.372 e. The lowest BCUT2D eigenvalue weighted by atomic mass is 10.2. The van der Waals surface area contributed by atoms with Gasteiger partial charge in [-0.1, -0.05) is 11.8 Å². The summed E-state index contributed by atoms with van der Waals surface area (Å²) in [6, 6.07) is 5.14. The molecule has 150 valence electrons. The molecule has 1 N–H and O–H groups in total. The number of nitrogens with one attached hydrogen (secondary N) is 1. The van der Waals surface area contributed by atoms with Gasteiger partial charge in [-0.3, -0.25) is 4.79 Å². The molecule has 4 rings (SSSR count). The average Bonchev–Trinajstić information content (AvgIpc) is 3.37. The number of halogens is 1. The van der Waals surface area contributed by atoms with Gasteiger partial charge in [-0.05, 0) is 55.3 Å². The Morgan fingerprint density at radius 3 is 2.75 bits per heavy atom. The highest BCUT2D eigenvalue weighted by molar-refractivity contribution is 7.99. The van der Waals surface area contributed by atoms with Gasteiger partial charge in [0, 0.05) is 18.8 Å². The Labute approximate surface area is 166 Å². The van der Waals surface area contributed by atoms with Crippen LogP contribution in [0.15, 0.2) is 23.4 Å². The molecule has 2 fully saturated rings. The number of carbonyl (C=O) groups excluding carboxylic acids is 1. The topological polar surface area (TPSA) is 85.2 Å². The van der Waals surface area contributed by atoms with E-state index in [0.29, 0.717) is 35.7 Å². The highest BCUT2D eigenvalue weighted by Gasteiger charge is 2.28. The third kappa shape index (κ3) is 4.44.